The highest BCUT2D eigenvalue weighted by molar-refractivity contribution is 5.98. The number of fused-ring (bicyclic) bond motifs is 1. The molecule has 0 aliphatic heterocycles. The summed E-state index contributed by atoms with van der Waals surface area (Å²) in [7, 11) is 0. The van der Waals surface area contributed by atoms with Crippen molar-refractivity contribution in [2.45, 2.75) is 6.10 Å². The van der Waals surface area contributed by atoms with Crippen LogP contribution < -0.4 is 20.9 Å². The van der Waals surface area contributed by atoms with Crippen LogP contribution in [-0.2, 0) is 0 Å². The summed E-state index contributed by atoms with van der Waals surface area (Å²) in [4.78, 5) is 35.6. The van der Waals surface area contributed by atoms with Crippen LogP contribution in [-0.4, -0.2) is 32.7 Å². The lowest BCUT2D eigenvalue weighted by Crippen LogP contribution is -2.17. The fourth-order valence-electron chi connectivity index (χ4n) is 3.85. The number of aliphatic hydroxyl groups is 1. The molecule has 0 saturated heterocycles. The number of aliphatic hydroxyl groups excluding tert-OH is 1. The lowest BCUT2D eigenvalue weighted by molar-refractivity contribution is 0.191. The Morgan fingerprint density at radius 2 is 1.69 bits per heavy atom. The molecule has 0 bridgehead atoms. The van der Waals surface area contributed by atoms with Gasteiger partial charge in [0.1, 0.15) is 17.1 Å². The van der Waals surface area contributed by atoms with Crippen LogP contribution in [0.3, 0.4) is 0 Å². The number of nitrogens with one attached hydrogen (secondary N) is 4. The number of nitrogens with zero attached hydrogens (tertiary/aromatic N) is 1. The van der Waals surface area contributed by atoms with E-state index in [2.05, 4.69) is 25.6 Å². The number of ether oxygens (including phenoxy) is 1. The number of rotatable bonds is 7. The zero-order valence-electron chi connectivity index (χ0n) is 19.1. The van der Waals surface area contributed by atoms with Gasteiger partial charge in [0.05, 0.1) is 28.5 Å². The summed E-state index contributed by atoms with van der Waals surface area (Å²) in [5.74, 6) is 0.728. The van der Waals surface area contributed by atoms with Crippen LogP contribution >= 0.6 is 0 Å². The fraction of sp³-hybridized carbons (Fsp3) is 0.0741. The summed E-state index contributed by atoms with van der Waals surface area (Å²) in [6.07, 6.45) is 0.110. The lowest BCUT2D eigenvalue weighted by Gasteiger charge is -2.14. The molecule has 180 valence electrons. The Labute approximate surface area is 205 Å². The second-order valence-corrected chi connectivity index (χ2v) is 8.02. The second kappa shape index (κ2) is 10.2. The van der Waals surface area contributed by atoms with Gasteiger partial charge < -0.3 is 25.1 Å². The Bertz CT molecular complexity index is 1550. The molecule has 0 radical (unpaired) electrons. The molecule has 0 aliphatic rings. The van der Waals surface area contributed by atoms with Crippen molar-refractivity contribution in [2.75, 3.05) is 17.2 Å². The van der Waals surface area contributed by atoms with E-state index in [-0.39, 0.29) is 17.7 Å². The molecule has 5 rings (SSSR count). The lowest BCUT2D eigenvalue weighted by atomic mass is 10.1. The molecule has 1 amide bonds. The van der Waals surface area contributed by atoms with Crippen LogP contribution in [0.1, 0.15) is 11.7 Å². The molecule has 0 spiro atoms. The molecule has 9 heteroatoms. The number of para-hydroxylation sites is 2. The Morgan fingerprint density at radius 1 is 0.944 bits per heavy atom. The van der Waals surface area contributed by atoms with Crippen molar-refractivity contribution in [3.8, 4) is 17.1 Å². The summed E-state index contributed by atoms with van der Waals surface area (Å²) in [6.45, 7) is 0.193. The van der Waals surface area contributed by atoms with Crippen molar-refractivity contribution < 1.29 is 14.6 Å². The zero-order chi connectivity index (χ0) is 24.9. The highest BCUT2D eigenvalue weighted by atomic mass is 16.6. The minimum Gasteiger partial charge on any atom is -0.410 e. The number of imidazole rings is 1. The molecule has 3 aromatic carbocycles. The molecule has 0 fully saturated rings. The van der Waals surface area contributed by atoms with Gasteiger partial charge in [-0.05, 0) is 35.9 Å². The van der Waals surface area contributed by atoms with E-state index < -0.39 is 12.2 Å². The highest BCUT2D eigenvalue weighted by Gasteiger charge is 2.17. The molecular formula is C27H23N5O4. The normalized spacial score (nSPS) is 11.7. The van der Waals surface area contributed by atoms with E-state index in [1.54, 1.807) is 48.5 Å². The van der Waals surface area contributed by atoms with Crippen LogP contribution in [0.15, 0.2) is 95.9 Å². The van der Waals surface area contributed by atoms with Crippen LogP contribution in [0, 0.1) is 0 Å². The monoisotopic (exact) mass is 481 g/mol. The van der Waals surface area contributed by atoms with Gasteiger partial charge in [-0.15, -0.1) is 0 Å². The Kier molecular flexibility index (Phi) is 6.46. The molecule has 5 aromatic rings. The number of aromatic amines is 2. The molecule has 36 heavy (non-hydrogen) atoms. The molecule has 0 aliphatic carbocycles. The largest absolute Gasteiger partial charge is 0.417 e. The van der Waals surface area contributed by atoms with Crippen molar-refractivity contribution in [1.82, 2.24) is 15.0 Å². The van der Waals surface area contributed by atoms with E-state index in [4.69, 9.17) is 4.74 Å². The van der Waals surface area contributed by atoms with Gasteiger partial charge in [0.2, 0.25) is 0 Å². The summed E-state index contributed by atoms with van der Waals surface area (Å²) >= 11 is 0. The van der Waals surface area contributed by atoms with E-state index >= 15 is 0 Å². The first-order chi connectivity index (χ1) is 17.6. The quantitative estimate of drug-likeness (QED) is 0.229. The van der Waals surface area contributed by atoms with Crippen molar-refractivity contribution in [3.05, 3.63) is 107 Å². The predicted molar refractivity (Wildman–Crippen MR) is 138 cm³/mol. The number of anilines is 2. The number of carbonyl (C=O) groups excluding carboxylic acids is 1. The Morgan fingerprint density at radius 3 is 2.47 bits per heavy atom. The first-order valence-corrected chi connectivity index (χ1v) is 11.3. The number of hydrogen-bond acceptors (Lipinski definition) is 6. The van der Waals surface area contributed by atoms with Crippen molar-refractivity contribution in [3.63, 3.8) is 0 Å². The number of hydrogen-bond donors (Lipinski definition) is 5. The van der Waals surface area contributed by atoms with E-state index in [9.17, 15) is 14.7 Å². The van der Waals surface area contributed by atoms with Crippen molar-refractivity contribution in [2.24, 2.45) is 0 Å². The van der Waals surface area contributed by atoms with Gasteiger partial charge in [-0.2, -0.15) is 0 Å². The highest BCUT2D eigenvalue weighted by Crippen LogP contribution is 2.28. The van der Waals surface area contributed by atoms with E-state index in [1.807, 2.05) is 36.4 Å². The first-order valence-electron chi connectivity index (χ1n) is 11.3. The van der Waals surface area contributed by atoms with Crippen LogP contribution in [0.4, 0.5) is 16.2 Å². The van der Waals surface area contributed by atoms with E-state index in [0.717, 1.165) is 5.56 Å². The standard InChI is InChI=1S/C27H23N5O4/c33-22(17-8-3-1-4-9-17)16-29-19-14-15-28-26(34)23(19)25-30-20-12-7-13-21(24(20)32-25)31-27(35)36-18-10-5-2-6-11-18/h1-15,22,33H,16H2,(H,30,32)(H,31,35)(H2,28,29,34)/t22-/m0/s1. The third kappa shape index (κ3) is 4.96. The predicted octanol–water partition coefficient (Wildman–Crippen LogP) is 4.67. The topological polar surface area (TPSA) is 132 Å². The van der Waals surface area contributed by atoms with Crippen LogP contribution in [0.5, 0.6) is 5.75 Å². The molecule has 1 atom stereocenters. The van der Waals surface area contributed by atoms with Gasteiger partial charge >= 0.3 is 6.09 Å². The molecule has 5 N–H and O–H groups in total. The van der Waals surface area contributed by atoms with Gasteiger partial charge in [-0.3, -0.25) is 10.1 Å². The smallest absolute Gasteiger partial charge is 0.410 e. The van der Waals surface area contributed by atoms with Crippen molar-refractivity contribution in [1.29, 1.82) is 0 Å². The van der Waals surface area contributed by atoms with E-state index in [0.29, 0.717) is 34.0 Å². The van der Waals surface area contributed by atoms with Gasteiger partial charge in [0.15, 0.2) is 0 Å². The fourth-order valence-corrected chi connectivity index (χ4v) is 3.85. The number of H-pyrrole nitrogens is 2. The Balaban J connectivity index is 1.41. The zero-order valence-corrected chi connectivity index (χ0v) is 19.1. The molecule has 2 aromatic heterocycles. The number of aromatic nitrogens is 3. The van der Waals surface area contributed by atoms with Gasteiger partial charge in [0.25, 0.3) is 5.56 Å². The third-order valence-electron chi connectivity index (χ3n) is 5.58. The average Bonchev–Trinajstić information content (AvgIpc) is 3.33. The number of benzene rings is 3. The van der Waals surface area contributed by atoms with Crippen LogP contribution in [0.2, 0.25) is 0 Å². The summed E-state index contributed by atoms with van der Waals surface area (Å²) < 4.78 is 5.31. The SMILES string of the molecule is O=C(Nc1cccc2nc(-c3c(NC[C@H](O)c4ccccc4)cc[nH]c3=O)[nH]c12)Oc1ccccc1. The minimum absolute atomic E-state index is 0.193. The third-order valence-corrected chi connectivity index (χ3v) is 5.58. The summed E-state index contributed by atoms with van der Waals surface area (Å²) in [6, 6.07) is 24.9. The summed E-state index contributed by atoms with van der Waals surface area (Å²) in [5.41, 5.74) is 2.74. The maximum absolute atomic E-state index is 12.8. The van der Waals surface area contributed by atoms with Crippen molar-refractivity contribution >= 4 is 28.5 Å². The van der Waals surface area contributed by atoms with Gasteiger partial charge in [-0.25, -0.2) is 9.78 Å². The average molecular weight is 482 g/mol. The molecule has 2 heterocycles. The Hall–Kier alpha value is -4.89. The maximum Gasteiger partial charge on any atom is 0.417 e. The molecular weight excluding hydrogens is 458 g/mol. The molecule has 0 unspecified atom stereocenters. The first kappa shape index (κ1) is 22.9. The minimum atomic E-state index is -0.763. The maximum atomic E-state index is 12.8. The number of carbonyl (C=O) groups is 1. The summed E-state index contributed by atoms with van der Waals surface area (Å²) in [5, 5.41) is 16.4. The number of amides is 1. The van der Waals surface area contributed by atoms with Crippen LogP contribution in [0.25, 0.3) is 22.4 Å². The molecule has 9 nitrogen and oxygen atoms in total. The second-order valence-electron chi connectivity index (χ2n) is 8.02. The molecule has 0 saturated carbocycles. The van der Waals surface area contributed by atoms with Gasteiger partial charge in [0, 0.05) is 12.7 Å². The van der Waals surface area contributed by atoms with Gasteiger partial charge in [-0.1, -0.05) is 54.6 Å². The number of pyridine rings is 1. The van der Waals surface area contributed by atoms with E-state index in [1.165, 1.54) is 6.20 Å².